The van der Waals surface area contributed by atoms with Crippen molar-refractivity contribution < 1.29 is 8.42 Å². The number of unbranched alkanes of at least 4 members (excludes halogenated alkanes) is 1. The van der Waals surface area contributed by atoms with Crippen LogP contribution in [0, 0.1) is 5.92 Å². The normalized spacial score (nSPS) is 15.6. The third-order valence-electron chi connectivity index (χ3n) is 5.49. The zero-order valence-corrected chi connectivity index (χ0v) is 19.1. The molecule has 1 aliphatic rings. The second-order valence-corrected chi connectivity index (χ2v) is 9.29. The van der Waals surface area contributed by atoms with Gasteiger partial charge in [0.15, 0.2) is 0 Å². The van der Waals surface area contributed by atoms with E-state index in [4.69, 9.17) is 5.73 Å². The van der Waals surface area contributed by atoms with E-state index < -0.39 is 10.0 Å². The molecule has 1 unspecified atom stereocenters. The summed E-state index contributed by atoms with van der Waals surface area (Å²) in [5.74, 6) is 0.672. The fourth-order valence-electron chi connectivity index (χ4n) is 3.82. The molecule has 0 bridgehead atoms. The van der Waals surface area contributed by atoms with Gasteiger partial charge in [-0.2, -0.15) is 0 Å². The standard InChI is InChI=1S/C21H31N3O2S.2ClH/c22-21(18-8-2-3-9-18)16-23-13-5-6-14-24-27(25,26)20-12-11-17-7-1-4-10-19(17)15-20;;/h1,4,7,10-12,15,18,21,23-24H,2-3,5-6,8-9,13-14,16,22H2;2*1H. The largest absolute Gasteiger partial charge is 0.326 e. The summed E-state index contributed by atoms with van der Waals surface area (Å²) in [6.45, 7) is 2.18. The van der Waals surface area contributed by atoms with Crippen LogP contribution in [0.15, 0.2) is 47.4 Å². The Bertz CT molecular complexity index is 843. The van der Waals surface area contributed by atoms with Crippen molar-refractivity contribution in [3.05, 3.63) is 42.5 Å². The Morgan fingerprint density at radius 3 is 2.34 bits per heavy atom. The van der Waals surface area contributed by atoms with Gasteiger partial charge in [0.25, 0.3) is 0 Å². The highest BCUT2D eigenvalue weighted by atomic mass is 35.5. The highest BCUT2D eigenvalue weighted by molar-refractivity contribution is 7.89. The molecule has 0 radical (unpaired) electrons. The lowest BCUT2D eigenvalue weighted by Gasteiger charge is -2.19. The summed E-state index contributed by atoms with van der Waals surface area (Å²) >= 11 is 0. The van der Waals surface area contributed by atoms with Crippen LogP contribution in [-0.4, -0.2) is 34.1 Å². The molecule has 8 heteroatoms. The van der Waals surface area contributed by atoms with E-state index in [0.29, 0.717) is 17.4 Å². The minimum Gasteiger partial charge on any atom is -0.326 e. The quantitative estimate of drug-likeness (QED) is 0.469. The van der Waals surface area contributed by atoms with Crippen LogP contribution < -0.4 is 15.8 Å². The zero-order valence-electron chi connectivity index (χ0n) is 16.7. The first-order valence-corrected chi connectivity index (χ1v) is 11.5. The van der Waals surface area contributed by atoms with Crippen molar-refractivity contribution in [2.75, 3.05) is 19.6 Å². The Morgan fingerprint density at radius 2 is 1.62 bits per heavy atom. The SMILES string of the molecule is Cl.Cl.NC(CNCCCCNS(=O)(=O)c1ccc2ccccc2c1)C1CCCC1. The molecule has 1 fully saturated rings. The monoisotopic (exact) mass is 461 g/mol. The Balaban J connectivity index is 0.00000210. The van der Waals surface area contributed by atoms with Gasteiger partial charge in [-0.25, -0.2) is 13.1 Å². The molecule has 0 aliphatic heterocycles. The number of hydrogen-bond donors (Lipinski definition) is 3. The number of hydrogen-bond acceptors (Lipinski definition) is 4. The average Bonchev–Trinajstić information content (AvgIpc) is 3.21. The fraction of sp³-hybridized carbons (Fsp3) is 0.524. The van der Waals surface area contributed by atoms with E-state index in [1.165, 1.54) is 25.7 Å². The van der Waals surface area contributed by atoms with Gasteiger partial charge in [0.05, 0.1) is 4.90 Å². The van der Waals surface area contributed by atoms with Gasteiger partial charge in [-0.05, 0) is 61.1 Å². The maximum Gasteiger partial charge on any atom is 0.240 e. The van der Waals surface area contributed by atoms with Crippen molar-refractivity contribution in [3.63, 3.8) is 0 Å². The van der Waals surface area contributed by atoms with E-state index in [-0.39, 0.29) is 30.9 Å². The maximum absolute atomic E-state index is 12.5. The molecule has 164 valence electrons. The van der Waals surface area contributed by atoms with Crippen molar-refractivity contribution >= 4 is 45.6 Å². The number of benzene rings is 2. The van der Waals surface area contributed by atoms with Crippen LogP contribution in [0.3, 0.4) is 0 Å². The molecule has 5 nitrogen and oxygen atoms in total. The summed E-state index contributed by atoms with van der Waals surface area (Å²) in [4.78, 5) is 0.321. The van der Waals surface area contributed by atoms with Crippen molar-refractivity contribution in [2.45, 2.75) is 49.5 Å². The third-order valence-corrected chi connectivity index (χ3v) is 6.95. The third kappa shape index (κ3) is 7.70. The van der Waals surface area contributed by atoms with Crippen LogP contribution in [0.25, 0.3) is 10.8 Å². The Hall–Kier alpha value is -0.890. The molecular weight excluding hydrogens is 429 g/mol. The van der Waals surface area contributed by atoms with Crippen LogP contribution in [0.1, 0.15) is 38.5 Å². The van der Waals surface area contributed by atoms with Crippen molar-refractivity contribution in [3.8, 4) is 0 Å². The molecule has 2 aromatic rings. The number of nitrogens with one attached hydrogen (secondary N) is 2. The lowest BCUT2D eigenvalue weighted by Crippen LogP contribution is -2.39. The lowest BCUT2D eigenvalue weighted by molar-refractivity contribution is 0.407. The van der Waals surface area contributed by atoms with Crippen LogP contribution in [-0.2, 0) is 10.0 Å². The van der Waals surface area contributed by atoms with Crippen LogP contribution >= 0.6 is 24.8 Å². The Kier molecular flexibility index (Phi) is 11.5. The predicted octanol–water partition coefficient (Wildman–Crippen LogP) is 3.85. The van der Waals surface area contributed by atoms with Crippen molar-refractivity contribution in [2.24, 2.45) is 11.7 Å². The number of rotatable bonds is 10. The van der Waals surface area contributed by atoms with E-state index in [9.17, 15) is 8.42 Å². The summed E-state index contributed by atoms with van der Waals surface area (Å²) in [5.41, 5.74) is 6.23. The van der Waals surface area contributed by atoms with Crippen LogP contribution in [0.2, 0.25) is 0 Å². The molecule has 0 aromatic heterocycles. The Morgan fingerprint density at radius 1 is 0.966 bits per heavy atom. The highest BCUT2D eigenvalue weighted by Crippen LogP contribution is 2.26. The van der Waals surface area contributed by atoms with Crippen LogP contribution in [0.5, 0.6) is 0 Å². The molecule has 3 rings (SSSR count). The molecule has 2 aromatic carbocycles. The zero-order chi connectivity index (χ0) is 19.1. The first-order chi connectivity index (χ1) is 13.1. The molecule has 1 atom stereocenters. The minimum absolute atomic E-state index is 0. The molecule has 29 heavy (non-hydrogen) atoms. The second-order valence-electron chi connectivity index (χ2n) is 7.53. The molecule has 0 amide bonds. The van der Waals surface area contributed by atoms with E-state index in [1.807, 2.05) is 30.3 Å². The van der Waals surface area contributed by atoms with E-state index >= 15 is 0 Å². The van der Waals surface area contributed by atoms with Gasteiger partial charge < -0.3 is 11.1 Å². The number of nitrogens with two attached hydrogens (primary N) is 1. The van der Waals surface area contributed by atoms with Gasteiger partial charge in [0.2, 0.25) is 10.0 Å². The van der Waals surface area contributed by atoms with Gasteiger partial charge in [-0.15, -0.1) is 24.8 Å². The fourth-order valence-corrected chi connectivity index (χ4v) is 4.93. The van der Waals surface area contributed by atoms with E-state index in [2.05, 4.69) is 10.0 Å². The van der Waals surface area contributed by atoms with Crippen molar-refractivity contribution in [1.82, 2.24) is 10.0 Å². The maximum atomic E-state index is 12.5. The number of fused-ring (bicyclic) bond motifs is 1. The number of sulfonamides is 1. The van der Waals surface area contributed by atoms with Crippen molar-refractivity contribution in [1.29, 1.82) is 0 Å². The van der Waals surface area contributed by atoms with Gasteiger partial charge in [-0.1, -0.05) is 43.2 Å². The van der Waals surface area contributed by atoms with Crippen LogP contribution in [0.4, 0.5) is 0 Å². The van der Waals surface area contributed by atoms with Gasteiger partial charge in [-0.3, -0.25) is 0 Å². The van der Waals surface area contributed by atoms with Gasteiger partial charge in [0.1, 0.15) is 0 Å². The summed E-state index contributed by atoms with van der Waals surface area (Å²) < 4.78 is 27.6. The first kappa shape index (κ1) is 26.1. The van der Waals surface area contributed by atoms with Gasteiger partial charge >= 0.3 is 0 Å². The lowest BCUT2D eigenvalue weighted by atomic mass is 9.99. The molecular formula is C21H33Cl2N3O2S. The summed E-state index contributed by atoms with van der Waals surface area (Å²) in [6, 6.07) is 13.3. The molecule has 1 saturated carbocycles. The summed E-state index contributed by atoms with van der Waals surface area (Å²) in [7, 11) is -3.46. The van der Waals surface area contributed by atoms with E-state index in [0.717, 1.165) is 36.7 Å². The summed E-state index contributed by atoms with van der Waals surface area (Å²) in [5, 5.41) is 5.38. The molecule has 0 heterocycles. The Labute approximate surface area is 187 Å². The van der Waals surface area contributed by atoms with E-state index in [1.54, 1.807) is 12.1 Å². The molecule has 4 N–H and O–H groups in total. The average molecular weight is 462 g/mol. The molecule has 1 aliphatic carbocycles. The van der Waals surface area contributed by atoms with Gasteiger partial charge in [0, 0.05) is 19.1 Å². The predicted molar refractivity (Wildman–Crippen MR) is 126 cm³/mol. The highest BCUT2D eigenvalue weighted by Gasteiger charge is 2.21. The molecule has 0 spiro atoms. The molecule has 0 saturated heterocycles. The second kappa shape index (κ2) is 12.7. The number of halogens is 2. The summed E-state index contributed by atoms with van der Waals surface area (Å²) in [6.07, 6.45) is 6.89. The minimum atomic E-state index is -3.46. The smallest absolute Gasteiger partial charge is 0.240 e. The first-order valence-electron chi connectivity index (χ1n) is 10.0. The topological polar surface area (TPSA) is 84.2 Å².